The minimum atomic E-state index is -0.592. The van der Waals surface area contributed by atoms with Crippen LogP contribution in [0.25, 0.3) is 0 Å². The molecule has 8 nitrogen and oxygen atoms in total. The number of hydrogen-bond donors (Lipinski definition) is 3. The van der Waals surface area contributed by atoms with E-state index >= 15 is 0 Å². The van der Waals surface area contributed by atoms with Gasteiger partial charge in [-0.25, -0.2) is 0 Å². The summed E-state index contributed by atoms with van der Waals surface area (Å²) in [4.78, 5) is 37.9. The average molecular weight is 388 g/mol. The van der Waals surface area contributed by atoms with Crippen LogP contribution in [0.15, 0.2) is 18.2 Å². The fourth-order valence-corrected chi connectivity index (χ4v) is 3.50. The number of ether oxygens (including phenoxy) is 1. The molecule has 3 amide bonds. The zero-order valence-corrected chi connectivity index (χ0v) is 16.4. The van der Waals surface area contributed by atoms with Crippen LogP contribution < -0.4 is 16.4 Å². The number of nitrogens with one attached hydrogen (secondary N) is 2. The van der Waals surface area contributed by atoms with Crippen molar-refractivity contribution >= 4 is 17.7 Å². The van der Waals surface area contributed by atoms with Crippen molar-refractivity contribution < 1.29 is 19.1 Å². The summed E-state index contributed by atoms with van der Waals surface area (Å²) in [6, 6.07) is 5.04. The Hall–Kier alpha value is -2.29. The van der Waals surface area contributed by atoms with Crippen LogP contribution in [0.2, 0.25) is 0 Å². The number of nitrogens with two attached hydrogens (primary N) is 1. The molecular formula is C20H28N4O4. The highest BCUT2D eigenvalue weighted by atomic mass is 16.5. The van der Waals surface area contributed by atoms with Crippen LogP contribution >= 0.6 is 0 Å². The van der Waals surface area contributed by atoms with Gasteiger partial charge >= 0.3 is 0 Å². The number of hydrogen-bond acceptors (Lipinski definition) is 6. The molecule has 1 aromatic rings. The molecule has 152 valence electrons. The first kappa shape index (κ1) is 20.4. The Morgan fingerprint density at radius 1 is 1.32 bits per heavy atom. The summed E-state index contributed by atoms with van der Waals surface area (Å²) in [5.74, 6) is -0.827. The summed E-state index contributed by atoms with van der Waals surface area (Å²) < 4.78 is 5.72. The molecular weight excluding hydrogens is 360 g/mol. The predicted octanol–water partition coefficient (Wildman–Crippen LogP) is 0.291. The first-order chi connectivity index (χ1) is 13.3. The van der Waals surface area contributed by atoms with Crippen LogP contribution in [0.1, 0.15) is 48.2 Å². The van der Waals surface area contributed by atoms with Gasteiger partial charge in [-0.3, -0.25) is 19.7 Å². The number of carbonyl (C=O) groups is 3. The maximum atomic E-state index is 12.8. The second kappa shape index (κ2) is 8.38. The first-order valence-electron chi connectivity index (χ1n) is 9.62. The topological polar surface area (TPSA) is 114 Å². The second-order valence-corrected chi connectivity index (χ2v) is 7.83. The predicted molar refractivity (Wildman–Crippen MR) is 103 cm³/mol. The summed E-state index contributed by atoms with van der Waals surface area (Å²) in [5.41, 5.74) is 7.90. The van der Waals surface area contributed by atoms with Crippen molar-refractivity contribution in [3.63, 3.8) is 0 Å². The summed E-state index contributed by atoms with van der Waals surface area (Å²) in [5, 5.41) is 5.66. The standard InChI is InChI=1S/C20H28N4O4/c1-20(2,12-21)28-9-8-22-10-13-4-3-5-14-15(13)11-24(19(14)27)16-6-7-17(25)23-18(16)26/h3-5,16,22H,6-12,21H2,1-2H3,(H,23,25,26). The molecule has 1 unspecified atom stereocenters. The van der Waals surface area contributed by atoms with E-state index in [0.717, 1.165) is 11.1 Å². The Bertz CT molecular complexity index is 777. The van der Waals surface area contributed by atoms with Gasteiger partial charge in [0.2, 0.25) is 11.8 Å². The van der Waals surface area contributed by atoms with E-state index in [4.69, 9.17) is 10.5 Å². The average Bonchev–Trinajstić information content (AvgIpc) is 2.99. The number of carbonyl (C=O) groups excluding carboxylic acids is 3. The maximum absolute atomic E-state index is 12.8. The Kier molecular flexibility index (Phi) is 6.12. The van der Waals surface area contributed by atoms with E-state index < -0.39 is 11.9 Å². The zero-order chi connectivity index (χ0) is 20.3. The van der Waals surface area contributed by atoms with Crippen molar-refractivity contribution in [1.82, 2.24) is 15.5 Å². The number of imide groups is 1. The van der Waals surface area contributed by atoms with Gasteiger partial charge in [0, 0.05) is 38.2 Å². The van der Waals surface area contributed by atoms with Gasteiger partial charge in [0.25, 0.3) is 5.91 Å². The summed E-state index contributed by atoms with van der Waals surface area (Å²) in [6.07, 6.45) is 0.621. The largest absolute Gasteiger partial charge is 0.373 e. The number of rotatable bonds is 8. The van der Waals surface area contributed by atoms with Crippen molar-refractivity contribution in [2.75, 3.05) is 19.7 Å². The Labute approximate surface area is 164 Å². The lowest BCUT2D eigenvalue weighted by atomic mass is 10.0. The molecule has 0 spiro atoms. The quantitative estimate of drug-likeness (QED) is 0.436. The lowest BCUT2D eigenvalue weighted by molar-refractivity contribution is -0.136. The fraction of sp³-hybridized carbons (Fsp3) is 0.550. The molecule has 1 aromatic carbocycles. The van der Waals surface area contributed by atoms with Crippen LogP contribution in [0.5, 0.6) is 0 Å². The Morgan fingerprint density at radius 2 is 2.11 bits per heavy atom. The van der Waals surface area contributed by atoms with Crippen molar-refractivity contribution in [2.24, 2.45) is 5.73 Å². The molecule has 2 aliphatic rings. The van der Waals surface area contributed by atoms with E-state index in [1.165, 1.54) is 0 Å². The highest BCUT2D eigenvalue weighted by Gasteiger charge is 2.39. The molecule has 3 rings (SSSR count). The van der Waals surface area contributed by atoms with Gasteiger partial charge in [0.05, 0.1) is 12.2 Å². The molecule has 8 heteroatoms. The van der Waals surface area contributed by atoms with Gasteiger partial charge in [-0.2, -0.15) is 0 Å². The maximum Gasteiger partial charge on any atom is 0.255 e. The van der Waals surface area contributed by atoms with Crippen molar-refractivity contribution in [3.05, 3.63) is 34.9 Å². The number of amides is 3. The van der Waals surface area contributed by atoms with Crippen LogP contribution in [0.4, 0.5) is 0 Å². The monoisotopic (exact) mass is 388 g/mol. The second-order valence-electron chi connectivity index (χ2n) is 7.83. The molecule has 2 aliphatic heterocycles. The minimum absolute atomic E-state index is 0.153. The van der Waals surface area contributed by atoms with Crippen molar-refractivity contribution in [1.29, 1.82) is 0 Å². The molecule has 1 atom stereocenters. The van der Waals surface area contributed by atoms with Crippen LogP contribution in [0.3, 0.4) is 0 Å². The van der Waals surface area contributed by atoms with Crippen LogP contribution in [-0.2, 0) is 27.4 Å². The van der Waals surface area contributed by atoms with E-state index in [1.807, 2.05) is 26.0 Å². The summed E-state index contributed by atoms with van der Waals surface area (Å²) in [7, 11) is 0. The van der Waals surface area contributed by atoms with E-state index in [9.17, 15) is 14.4 Å². The molecule has 4 N–H and O–H groups in total. The normalized spacial score (nSPS) is 19.8. The Morgan fingerprint density at radius 3 is 2.82 bits per heavy atom. The summed E-state index contributed by atoms with van der Waals surface area (Å²) in [6.45, 7) is 6.55. The molecule has 0 aliphatic carbocycles. The third-order valence-corrected chi connectivity index (χ3v) is 5.26. The van der Waals surface area contributed by atoms with Crippen LogP contribution in [0, 0.1) is 0 Å². The molecule has 0 aromatic heterocycles. The lowest BCUT2D eigenvalue weighted by Gasteiger charge is -2.29. The van der Waals surface area contributed by atoms with Gasteiger partial charge < -0.3 is 20.7 Å². The third-order valence-electron chi connectivity index (χ3n) is 5.26. The van der Waals surface area contributed by atoms with Crippen molar-refractivity contribution in [3.8, 4) is 0 Å². The molecule has 28 heavy (non-hydrogen) atoms. The highest BCUT2D eigenvalue weighted by molar-refractivity contribution is 6.05. The first-order valence-corrected chi connectivity index (χ1v) is 9.62. The zero-order valence-electron chi connectivity index (χ0n) is 16.4. The van der Waals surface area contributed by atoms with Gasteiger partial charge in [-0.15, -0.1) is 0 Å². The fourth-order valence-electron chi connectivity index (χ4n) is 3.50. The van der Waals surface area contributed by atoms with E-state index in [1.54, 1.807) is 11.0 Å². The number of fused-ring (bicyclic) bond motifs is 1. The van der Waals surface area contributed by atoms with Crippen molar-refractivity contribution in [2.45, 2.75) is 51.4 Å². The van der Waals surface area contributed by atoms with E-state index in [-0.39, 0.29) is 23.8 Å². The molecule has 0 bridgehead atoms. The van der Waals surface area contributed by atoms with Crippen LogP contribution in [-0.4, -0.2) is 54.0 Å². The molecule has 1 saturated heterocycles. The molecule has 0 saturated carbocycles. The van der Waals surface area contributed by atoms with Gasteiger partial charge in [0.1, 0.15) is 6.04 Å². The molecule has 1 fully saturated rings. The molecule has 0 radical (unpaired) electrons. The van der Waals surface area contributed by atoms with E-state index in [0.29, 0.717) is 44.8 Å². The smallest absolute Gasteiger partial charge is 0.255 e. The van der Waals surface area contributed by atoms with Gasteiger partial charge in [-0.1, -0.05) is 12.1 Å². The highest BCUT2D eigenvalue weighted by Crippen LogP contribution is 2.29. The van der Waals surface area contributed by atoms with E-state index in [2.05, 4.69) is 10.6 Å². The number of benzene rings is 1. The Balaban J connectivity index is 1.61. The number of nitrogens with zero attached hydrogens (tertiary/aromatic N) is 1. The molecule has 2 heterocycles. The lowest BCUT2D eigenvalue weighted by Crippen LogP contribution is -2.52. The third kappa shape index (κ3) is 4.40. The number of piperidine rings is 1. The summed E-state index contributed by atoms with van der Waals surface area (Å²) >= 11 is 0. The minimum Gasteiger partial charge on any atom is -0.373 e. The van der Waals surface area contributed by atoms with Gasteiger partial charge in [0.15, 0.2) is 0 Å². The van der Waals surface area contributed by atoms with Gasteiger partial charge in [-0.05, 0) is 37.5 Å². The SMILES string of the molecule is CC(C)(CN)OCCNCc1cccc2c1CN(C1CCC(=O)NC1=O)C2=O.